The van der Waals surface area contributed by atoms with Crippen LogP contribution in [0.25, 0.3) is 0 Å². The quantitative estimate of drug-likeness (QED) is 0.620. The van der Waals surface area contributed by atoms with Crippen LogP contribution in [0.15, 0.2) is 0 Å². The summed E-state index contributed by atoms with van der Waals surface area (Å²) in [6, 6.07) is 1.06. The second kappa shape index (κ2) is 15.9. The van der Waals surface area contributed by atoms with E-state index in [2.05, 4.69) is 13.8 Å². The van der Waals surface area contributed by atoms with Crippen LogP contribution in [0.1, 0.15) is 33.1 Å². The normalized spacial score (nSPS) is 8.77. The number of halogens is 1. The zero-order valence-corrected chi connectivity index (χ0v) is 13.7. The number of hydrogen-bond acceptors (Lipinski definition) is 1. The van der Waals surface area contributed by atoms with Gasteiger partial charge in [-0.25, -0.2) is 0 Å². The van der Waals surface area contributed by atoms with E-state index >= 15 is 0 Å². The van der Waals surface area contributed by atoms with E-state index in [1.807, 2.05) is 20.0 Å². The Labute approximate surface area is 112 Å². The predicted octanol–water partition coefficient (Wildman–Crippen LogP) is 3.41. The molecule has 0 bridgehead atoms. The van der Waals surface area contributed by atoms with E-state index in [4.69, 9.17) is 0 Å². The molecule has 0 atom stereocenters. The van der Waals surface area contributed by atoms with Crippen LogP contribution in [0, 0.1) is 6.92 Å². The van der Waals surface area contributed by atoms with E-state index in [1.54, 1.807) is 0 Å². The van der Waals surface area contributed by atoms with Crippen LogP contribution < -0.4 is 0 Å². The summed E-state index contributed by atoms with van der Waals surface area (Å²) in [7, 11) is -1.68. The molecule has 0 unspecified atom stereocenters. The van der Waals surface area contributed by atoms with Crippen molar-refractivity contribution in [1.29, 1.82) is 0 Å². The number of rotatable bonds is 3. The van der Waals surface area contributed by atoms with Gasteiger partial charge < -0.3 is 11.7 Å². The Hall–Kier alpha value is 1.42. The van der Waals surface area contributed by atoms with Crippen molar-refractivity contribution in [1.82, 2.24) is 0 Å². The van der Waals surface area contributed by atoms with E-state index in [0.717, 1.165) is 12.5 Å². The third-order valence-electron chi connectivity index (χ3n) is 1.14. The number of unbranched alkanes of at least 4 members (excludes halogenated alkanes) is 1. The molecule has 0 radical (unpaired) electrons. The summed E-state index contributed by atoms with van der Waals surface area (Å²) >= 11 is 0. The van der Waals surface area contributed by atoms with Crippen molar-refractivity contribution in [2.24, 2.45) is 0 Å². The number of hydrogen-bond donors (Lipinski definition) is 1. The molecule has 0 saturated carbocycles. The first-order valence-corrected chi connectivity index (χ1v) is 7.65. The molecule has 0 aromatic heterocycles. The van der Waals surface area contributed by atoms with Crippen molar-refractivity contribution in [3.05, 3.63) is 6.92 Å². The van der Waals surface area contributed by atoms with Crippen LogP contribution in [-0.4, -0.2) is 36.2 Å². The zero-order valence-electron chi connectivity index (χ0n) is 9.60. The van der Waals surface area contributed by atoms with E-state index in [0.29, 0.717) is 0 Å². The van der Waals surface area contributed by atoms with Crippen molar-refractivity contribution in [2.45, 2.75) is 52.2 Å². The Morgan fingerprint density at radius 3 is 1.62 bits per heavy atom. The van der Waals surface area contributed by atoms with Crippen LogP contribution in [0.5, 0.6) is 0 Å². The van der Waals surface area contributed by atoms with Gasteiger partial charge in [0, 0.05) is 0 Å². The molecule has 0 aliphatic rings. The van der Waals surface area contributed by atoms with Crippen LogP contribution in [0.3, 0.4) is 0 Å². The third-order valence-corrected chi connectivity index (χ3v) is 2.72. The minimum Gasteiger partial charge on any atom is -0.432 e. The summed E-state index contributed by atoms with van der Waals surface area (Å²) in [6.07, 6.45) is 3.40. The smallest absolute Gasteiger partial charge is 0.432 e. The molecule has 0 aromatic rings. The molecule has 1 N–H and O–H groups in total. The van der Waals surface area contributed by atoms with Crippen LogP contribution in [-0.2, 0) is 0 Å². The summed E-state index contributed by atoms with van der Waals surface area (Å²) in [4.78, 5) is 9.29. The Kier molecular flexibility index (Phi) is 29.2. The first-order valence-electron chi connectivity index (χ1n) is 4.49. The molecular formula is C9H24BrMgOSi+. The maximum Gasteiger partial charge on any atom is 2.00 e. The summed E-state index contributed by atoms with van der Waals surface area (Å²) in [5.41, 5.74) is 0. The van der Waals surface area contributed by atoms with Gasteiger partial charge in [0.2, 0.25) is 0 Å². The van der Waals surface area contributed by atoms with Gasteiger partial charge >= 0.3 is 23.1 Å². The van der Waals surface area contributed by atoms with Gasteiger partial charge in [0.1, 0.15) is 0 Å². The first kappa shape index (κ1) is 23.9. The predicted molar refractivity (Wildman–Crippen MR) is 71.1 cm³/mol. The van der Waals surface area contributed by atoms with E-state index in [1.165, 1.54) is 12.8 Å². The fraction of sp³-hybridized carbons (Fsp3) is 0.889. The van der Waals surface area contributed by atoms with Crippen molar-refractivity contribution in [3.8, 4) is 0 Å². The molecule has 0 aromatic carbocycles. The Morgan fingerprint density at radius 1 is 1.23 bits per heavy atom. The monoisotopic (exact) mass is 279 g/mol. The van der Waals surface area contributed by atoms with Crippen LogP contribution in [0.4, 0.5) is 0 Å². The van der Waals surface area contributed by atoms with Crippen molar-refractivity contribution >= 4 is 48.4 Å². The molecule has 0 aliphatic heterocycles. The summed E-state index contributed by atoms with van der Waals surface area (Å²) in [5, 5.41) is 0. The molecule has 0 amide bonds. The first-order chi connectivity index (χ1) is 4.97. The maximum absolute atomic E-state index is 9.29. The molecule has 0 rings (SSSR count). The van der Waals surface area contributed by atoms with Gasteiger partial charge in [-0.3, -0.25) is 0 Å². The summed E-state index contributed by atoms with van der Waals surface area (Å²) in [6.45, 7) is 11.6. The van der Waals surface area contributed by atoms with Gasteiger partial charge in [-0.15, -0.1) is 17.0 Å². The minimum atomic E-state index is -1.68. The fourth-order valence-electron chi connectivity index (χ4n) is 0.609. The largest absolute Gasteiger partial charge is 2.00 e. The van der Waals surface area contributed by atoms with Crippen molar-refractivity contribution in [2.75, 3.05) is 0 Å². The second-order valence-electron chi connectivity index (χ2n) is 3.42. The van der Waals surface area contributed by atoms with Crippen molar-refractivity contribution in [3.63, 3.8) is 0 Å². The zero-order chi connectivity index (χ0) is 9.33. The molecule has 0 saturated heterocycles. The molecular weight excluding hydrogens is 256 g/mol. The van der Waals surface area contributed by atoms with E-state index in [-0.39, 0.29) is 40.0 Å². The molecule has 0 spiro atoms. The summed E-state index contributed by atoms with van der Waals surface area (Å²) < 4.78 is 0. The van der Waals surface area contributed by atoms with E-state index < -0.39 is 8.32 Å². The van der Waals surface area contributed by atoms with E-state index in [9.17, 15) is 4.80 Å². The fourth-order valence-corrected chi connectivity index (χ4v) is 1.83. The average Bonchev–Trinajstić information content (AvgIpc) is 1.84. The average molecular weight is 281 g/mol. The van der Waals surface area contributed by atoms with Gasteiger partial charge in [-0.05, 0) is 19.1 Å². The molecule has 4 heteroatoms. The SMILES string of the molecule is Br.CCCC[Si](C)(C)O.[CH2-]CC.[Mg+2]. The minimum absolute atomic E-state index is 0. The standard InChI is InChI=1S/C6H16OSi.C3H7.BrH.Mg/c1-4-5-6-8(2,3)7;1-3-2;;/h7H,4-6H2,1-3H3;1,3H2,2H3;1H;/q;-1;;+2. The van der Waals surface area contributed by atoms with Crippen molar-refractivity contribution < 1.29 is 4.80 Å². The van der Waals surface area contributed by atoms with Gasteiger partial charge in [-0.1, -0.05) is 26.7 Å². The van der Waals surface area contributed by atoms with Crippen LogP contribution >= 0.6 is 17.0 Å². The molecule has 0 heterocycles. The van der Waals surface area contributed by atoms with Gasteiger partial charge in [-0.2, -0.15) is 6.42 Å². The molecule has 13 heavy (non-hydrogen) atoms. The Balaban J connectivity index is -0.0000000720. The second-order valence-corrected chi connectivity index (χ2v) is 7.54. The van der Waals surface area contributed by atoms with Gasteiger partial charge in [0.25, 0.3) is 0 Å². The molecule has 1 nitrogen and oxygen atoms in total. The van der Waals surface area contributed by atoms with Gasteiger partial charge in [0.05, 0.1) is 0 Å². The Morgan fingerprint density at radius 2 is 1.54 bits per heavy atom. The summed E-state index contributed by atoms with van der Waals surface area (Å²) in [5.74, 6) is 0. The molecule has 78 valence electrons. The Bertz CT molecular complexity index is 76.5. The third kappa shape index (κ3) is 42.5. The van der Waals surface area contributed by atoms with Crippen LogP contribution in [0.2, 0.25) is 19.1 Å². The molecule has 0 fully saturated rings. The topological polar surface area (TPSA) is 20.2 Å². The maximum atomic E-state index is 9.29. The van der Waals surface area contributed by atoms with Gasteiger partial charge in [0.15, 0.2) is 8.32 Å². The molecule has 0 aliphatic carbocycles.